The van der Waals surface area contributed by atoms with E-state index < -0.39 is 0 Å². The van der Waals surface area contributed by atoms with Crippen molar-refractivity contribution in [1.82, 2.24) is 20.1 Å². The Labute approximate surface area is 94.8 Å². The summed E-state index contributed by atoms with van der Waals surface area (Å²) in [6, 6.07) is 0. The number of nitrogens with zero attached hydrogens (tertiary/aromatic N) is 3. The van der Waals surface area contributed by atoms with Crippen LogP contribution < -0.4 is 5.32 Å². The molecule has 2 rings (SSSR count). The molecule has 1 aliphatic heterocycles. The highest BCUT2D eigenvalue weighted by molar-refractivity contribution is 8.00. The van der Waals surface area contributed by atoms with Gasteiger partial charge in [0.25, 0.3) is 0 Å². The third-order valence-electron chi connectivity index (χ3n) is 2.67. The second-order valence-corrected chi connectivity index (χ2v) is 5.17. The highest BCUT2D eigenvalue weighted by Gasteiger charge is 2.14. The van der Waals surface area contributed by atoms with Gasteiger partial charge in [-0.15, -0.1) is 0 Å². The van der Waals surface area contributed by atoms with E-state index in [-0.39, 0.29) is 0 Å². The minimum Gasteiger partial charge on any atom is -0.309 e. The average molecular weight is 226 g/mol. The Morgan fingerprint density at radius 2 is 2.60 bits per heavy atom. The summed E-state index contributed by atoms with van der Waals surface area (Å²) in [5.74, 6) is 2.37. The Kier molecular flexibility index (Phi) is 4.02. The molecule has 0 radical (unpaired) electrons. The molecular formula is C10H18N4S. The third kappa shape index (κ3) is 2.95. The van der Waals surface area contributed by atoms with E-state index in [9.17, 15) is 0 Å². The molecule has 0 saturated carbocycles. The number of hydrogen-bond acceptors (Lipinski definition) is 4. The van der Waals surface area contributed by atoms with Gasteiger partial charge in [-0.1, -0.05) is 0 Å². The highest BCUT2D eigenvalue weighted by atomic mass is 32.2. The van der Waals surface area contributed by atoms with Gasteiger partial charge in [0.15, 0.2) is 0 Å². The lowest BCUT2D eigenvalue weighted by Gasteiger charge is -2.09. The van der Waals surface area contributed by atoms with Gasteiger partial charge in [-0.25, -0.2) is 9.67 Å². The summed E-state index contributed by atoms with van der Waals surface area (Å²) in [6.07, 6.45) is 4.37. The minimum atomic E-state index is 0.808. The summed E-state index contributed by atoms with van der Waals surface area (Å²) in [5, 5.41) is 8.41. The summed E-state index contributed by atoms with van der Waals surface area (Å²) in [6.45, 7) is 4.92. The molecule has 4 nitrogen and oxygen atoms in total. The van der Waals surface area contributed by atoms with Crippen molar-refractivity contribution in [2.45, 2.75) is 38.1 Å². The van der Waals surface area contributed by atoms with Crippen molar-refractivity contribution in [2.75, 3.05) is 12.3 Å². The molecule has 0 aromatic carbocycles. The second-order valence-electron chi connectivity index (χ2n) is 3.76. The Balaban J connectivity index is 1.73. The summed E-state index contributed by atoms with van der Waals surface area (Å²) in [4.78, 5) is 4.23. The van der Waals surface area contributed by atoms with Gasteiger partial charge >= 0.3 is 0 Å². The standard InChI is InChI=1S/C10H18N4S/c1-2-14-10(12-8-13-14)7-11-6-9-4-3-5-15-9/h8-9,11H,2-7H2,1H3. The molecule has 0 amide bonds. The van der Waals surface area contributed by atoms with Crippen molar-refractivity contribution in [3.8, 4) is 0 Å². The van der Waals surface area contributed by atoms with Crippen molar-refractivity contribution in [3.05, 3.63) is 12.2 Å². The molecule has 15 heavy (non-hydrogen) atoms. The molecule has 5 heteroatoms. The van der Waals surface area contributed by atoms with Crippen LogP contribution in [-0.2, 0) is 13.1 Å². The largest absolute Gasteiger partial charge is 0.309 e. The fourth-order valence-corrected chi connectivity index (χ4v) is 3.08. The lowest BCUT2D eigenvalue weighted by molar-refractivity contribution is 0.565. The molecule has 0 bridgehead atoms. The molecular weight excluding hydrogens is 208 g/mol. The Bertz CT molecular complexity index is 293. The third-order valence-corrected chi connectivity index (χ3v) is 4.07. The number of thioether (sulfide) groups is 1. The fourth-order valence-electron chi connectivity index (χ4n) is 1.84. The SMILES string of the molecule is CCn1ncnc1CNCC1CCCS1. The lowest BCUT2D eigenvalue weighted by Crippen LogP contribution is -2.24. The predicted octanol–water partition coefficient (Wildman–Crippen LogP) is 1.28. The van der Waals surface area contributed by atoms with Crippen LogP contribution in [-0.4, -0.2) is 32.3 Å². The maximum atomic E-state index is 4.23. The van der Waals surface area contributed by atoms with Gasteiger partial charge in [0.2, 0.25) is 0 Å². The molecule has 1 unspecified atom stereocenters. The molecule has 1 atom stereocenters. The number of aryl methyl sites for hydroxylation is 1. The van der Waals surface area contributed by atoms with E-state index in [1.807, 2.05) is 4.68 Å². The summed E-state index contributed by atoms with van der Waals surface area (Å²) in [7, 11) is 0. The van der Waals surface area contributed by atoms with Crippen LogP contribution in [0.2, 0.25) is 0 Å². The number of aromatic nitrogens is 3. The van der Waals surface area contributed by atoms with Crippen LogP contribution in [0.15, 0.2) is 6.33 Å². The van der Waals surface area contributed by atoms with Gasteiger partial charge in [0, 0.05) is 18.3 Å². The maximum absolute atomic E-state index is 4.23. The van der Waals surface area contributed by atoms with Gasteiger partial charge in [-0.2, -0.15) is 16.9 Å². The molecule has 1 saturated heterocycles. The van der Waals surface area contributed by atoms with Crippen molar-refractivity contribution in [2.24, 2.45) is 0 Å². The van der Waals surface area contributed by atoms with Crippen LogP contribution in [0.1, 0.15) is 25.6 Å². The van der Waals surface area contributed by atoms with Gasteiger partial charge in [-0.05, 0) is 25.5 Å². The summed E-state index contributed by atoms with van der Waals surface area (Å²) in [5.41, 5.74) is 0. The first-order valence-corrected chi connectivity index (χ1v) is 6.64. The zero-order chi connectivity index (χ0) is 10.5. The van der Waals surface area contributed by atoms with E-state index in [2.05, 4.69) is 34.1 Å². The van der Waals surface area contributed by atoms with E-state index in [1.54, 1.807) is 6.33 Å². The fraction of sp³-hybridized carbons (Fsp3) is 0.800. The molecule has 0 aliphatic carbocycles. The van der Waals surface area contributed by atoms with Crippen LogP contribution in [0.25, 0.3) is 0 Å². The van der Waals surface area contributed by atoms with Gasteiger partial charge in [0.1, 0.15) is 12.2 Å². The number of hydrogen-bond donors (Lipinski definition) is 1. The van der Waals surface area contributed by atoms with E-state index in [1.165, 1.54) is 18.6 Å². The first-order chi connectivity index (χ1) is 7.40. The quantitative estimate of drug-likeness (QED) is 0.821. The molecule has 0 spiro atoms. The zero-order valence-corrected chi connectivity index (χ0v) is 9.96. The van der Waals surface area contributed by atoms with Crippen LogP contribution in [0.4, 0.5) is 0 Å². The Morgan fingerprint density at radius 1 is 1.67 bits per heavy atom. The van der Waals surface area contributed by atoms with Crippen LogP contribution in [0.5, 0.6) is 0 Å². The van der Waals surface area contributed by atoms with Gasteiger partial charge < -0.3 is 5.32 Å². The van der Waals surface area contributed by atoms with Crippen molar-refractivity contribution in [3.63, 3.8) is 0 Å². The average Bonchev–Trinajstić information content (AvgIpc) is 2.88. The zero-order valence-electron chi connectivity index (χ0n) is 9.15. The van der Waals surface area contributed by atoms with E-state index in [0.29, 0.717) is 0 Å². The first kappa shape index (κ1) is 11.0. The van der Waals surface area contributed by atoms with Crippen LogP contribution in [0.3, 0.4) is 0 Å². The van der Waals surface area contributed by atoms with E-state index in [0.717, 1.165) is 30.7 Å². The first-order valence-electron chi connectivity index (χ1n) is 5.59. The Morgan fingerprint density at radius 3 is 3.33 bits per heavy atom. The van der Waals surface area contributed by atoms with Crippen molar-refractivity contribution >= 4 is 11.8 Å². The minimum absolute atomic E-state index is 0.808. The van der Waals surface area contributed by atoms with Gasteiger partial charge in [-0.3, -0.25) is 0 Å². The summed E-state index contributed by atoms with van der Waals surface area (Å²) >= 11 is 2.08. The molecule has 1 aliphatic rings. The number of rotatable bonds is 5. The van der Waals surface area contributed by atoms with Crippen molar-refractivity contribution < 1.29 is 0 Å². The Hall–Kier alpha value is -0.550. The molecule has 84 valence electrons. The maximum Gasteiger partial charge on any atom is 0.140 e. The summed E-state index contributed by atoms with van der Waals surface area (Å²) < 4.78 is 1.94. The molecule has 1 aromatic heterocycles. The molecule has 1 N–H and O–H groups in total. The number of nitrogens with one attached hydrogen (secondary N) is 1. The molecule has 2 heterocycles. The predicted molar refractivity (Wildman–Crippen MR) is 62.9 cm³/mol. The molecule has 1 fully saturated rings. The van der Waals surface area contributed by atoms with Crippen molar-refractivity contribution in [1.29, 1.82) is 0 Å². The highest BCUT2D eigenvalue weighted by Crippen LogP contribution is 2.25. The van der Waals surface area contributed by atoms with Crippen LogP contribution >= 0.6 is 11.8 Å². The monoisotopic (exact) mass is 226 g/mol. The second kappa shape index (κ2) is 5.51. The van der Waals surface area contributed by atoms with Crippen LogP contribution in [0, 0.1) is 0 Å². The topological polar surface area (TPSA) is 42.7 Å². The lowest BCUT2D eigenvalue weighted by atomic mass is 10.2. The van der Waals surface area contributed by atoms with E-state index >= 15 is 0 Å². The molecule has 1 aromatic rings. The van der Waals surface area contributed by atoms with Gasteiger partial charge in [0.05, 0.1) is 6.54 Å². The van der Waals surface area contributed by atoms with E-state index in [4.69, 9.17) is 0 Å². The smallest absolute Gasteiger partial charge is 0.140 e. The normalized spacial score (nSPS) is 21.0.